The Morgan fingerprint density at radius 1 is 1.05 bits per heavy atom. The largest absolute Gasteiger partial charge is 0.457 e. The van der Waals surface area contributed by atoms with Gasteiger partial charge in [0.2, 0.25) is 5.91 Å². The second-order valence-electron chi connectivity index (χ2n) is 10.1. The summed E-state index contributed by atoms with van der Waals surface area (Å²) >= 11 is 0. The Labute approximate surface area is 237 Å². The van der Waals surface area contributed by atoms with E-state index in [1.54, 1.807) is 42.6 Å². The molecule has 210 valence electrons. The lowest BCUT2D eigenvalue weighted by molar-refractivity contribution is -0.116. The van der Waals surface area contributed by atoms with Crippen molar-refractivity contribution in [2.75, 3.05) is 11.9 Å². The van der Waals surface area contributed by atoms with Crippen LogP contribution in [0.15, 0.2) is 66.1 Å². The number of H-pyrrole nitrogens is 1. The standard InChI is InChI=1S/C31H32N6O4/c1-6-33-30(39)26-14-24-25(15-36(5)31(40)28(24)35-26)21-9-18(2)10-23(13-21)41-29-19(3)11-22(12-20(29)4)34-27(38)16-37-8-7-32-17-37/h7-15,17,35H,6,16H2,1-5H3,(H,33,39)(H,34,38). The third kappa shape index (κ3) is 5.76. The number of ether oxygens (including phenoxy) is 1. The summed E-state index contributed by atoms with van der Waals surface area (Å²) in [6.45, 7) is 8.34. The van der Waals surface area contributed by atoms with Crippen LogP contribution in [0.1, 0.15) is 34.1 Å². The maximum atomic E-state index is 12.9. The topological polar surface area (TPSA) is 123 Å². The van der Waals surface area contributed by atoms with E-state index < -0.39 is 0 Å². The fourth-order valence-corrected chi connectivity index (χ4v) is 4.95. The summed E-state index contributed by atoms with van der Waals surface area (Å²) in [6, 6.07) is 11.4. The predicted molar refractivity (Wildman–Crippen MR) is 159 cm³/mol. The van der Waals surface area contributed by atoms with Crippen molar-refractivity contribution in [3.63, 3.8) is 0 Å². The van der Waals surface area contributed by atoms with Crippen molar-refractivity contribution in [2.24, 2.45) is 7.05 Å². The molecular formula is C31H32N6O4. The van der Waals surface area contributed by atoms with Crippen molar-refractivity contribution in [3.05, 3.63) is 94.1 Å². The van der Waals surface area contributed by atoms with Gasteiger partial charge in [0, 0.05) is 48.8 Å². The molecule has 3 N–H and O–H groups in total. The highest BCUT2D eigenvalue weighted by molar-refractivity contribution is 6.02. The Morgan fingerprint density at radius 2 is 1.80 bits per heavy atom. The molecule has 0 unspecified atom stereocenters. The molecule has 10 heteroatoms. The van der Waals surface area contributed by atoms with Crippen LogP contribution in [0.4, 0.5) is 5.69 Å². The molecule has 0 aliphatic heterocycles. The quantitative estimate of drug-likeness (QED) is 0.254. The molecule has 41 heavy (non-hydrogen) atoms. The zero-order valence-electron chi connectivity index (χ0n) is 23.7. The van der Waals surface area contributed by atoms with Crippen LogP contribution in [-0.2, 0) is 18.4 Å². The maximum absolute atomic E-state index is 12.9. The third-order valence-corrected chi connectivity index (χ3v) is 6.76. The molecule has 2 aromatic carbocycles. The number of nitrogens with one attached hydrogen (secondary N) is 3. The minimum absolute atomic E-state index is 0.151. The number of amides is 2. The molecule has 5 aromatic rings. The molecule has 0 bridgehead atoms. The minimum Gasteiger partial charge on any atom is -0.457 e. The van der Waals surface area contributed by atoms with Gasteiger partial charge in [0.15, 0.2) is 0 Å². The molecule has 0 saturated heterocycles. The van der Waals surface area contributed by atoms with Gasteiger partial charge >= 0.3 is 0 Å². The Hall–Kier alpha value is -5.12. The van der Waals surface area contributed by atoms with E-state index in [0.29, 0.717) is 40.3 Å². The van der Waals surface area contributed by atoms with E-state index in [0.717, 1.165) is 27.8 Å². The van der Waals surface area contributed by atoms with Gasteiger partial charge in [-0.1, -0.05) is 6.07 Å². The first-order chi connectivity index (χ1) is 19.6. The van der Waals surface area contributed by atoms with Gasteiger partial charge in [-0.2, -0.15) is 0 Å². The number of fused-ring (bicyclic) bond motifs is 1. The first-order valence-electron chi connectivity index (χ1n) is 13.3. The molecule has 5 rings (SSSR count). The maximum Gasteiger partial charge on any atom is 0.274 e. The predicted octanol–water partition coefficient (Wildman–Crippen LogP) is 4.84. The highest BCUT2D eigenvalue weighted by Gasteiger charge is 2.17. The van der Waals surface area contributed by atoms with Crippen LogP contribution in [0.2, 0.25) is 0 Å². The second kappa shape index (κ2) is 11.2. The van der Waals surface area contributed by atoms with Crippen LogP contribution in [0.5, 0.6) is 11.5 Å². The van der Waals surface area contributed by atoms with Crippen molar-refractivity contribution in [1.82, 2.24) is 24.4 Å². The number of benzene rings is 2. The molecule has 3 aromatic heterocycles. The van der Waals surface area contributed by atoms with E-state index in [1.807, 2.05) is 58.0 Å². The van der Waals surface area contributed by atoms with Gasteiger partial charge in [-0.3, -0.25) is 14.4 Å². The summed E-state index contributed by atoms with van der Waals surface area (Å²) in [4.78, 5) is 44.8. The van der Waals surface area contributed by atoms with Crippen LogP contribution in [0, 0.1) is 20.8 Å². The Bertz CT molecular complexity index is 1810. The van der Waals surface area contributed by atoms with E-state index >= 15 is 0 Å². The molecule has 2 amide bonds. The fourth-order valence-electron chi connectivity index (χ4n) is 4.95. The van der Waals surface area contributed by atoms with Crippen molar-refractivity contribution in [2.45, 2.75) is 34.2 Å². The molecule has 0 fully saturated rings. The van der Waals surface area contributed by atoms with Gasteiger partial charge in [0.25, 0.3) is 11.5 Å². The van der Waals surface area contributed by atoms with Crippen molar-refractivity contribution >= 4 is 28.4 Å². The molecular weight excluding hydrogens is 520 g/mol. The number of nitrogens with zero attached hydrogens (tertiary/aromatic N) is 3. The monoisotopic (exact) mass is 552 g/mol. The molecule has 0 atom stereocenters. The number of pyridine rings is 1. The number of aromatic nitrogens is 4. The Balaban J connectivity index is 1.46. The lowest BCUT2D eigenvalue weighted by Gasteiger charge is -2.16. The first-order valence-corrected chi connectivity index (χ1v) is 13.3. The highest BCUT2D eigenvalue weighted by Crippen LogP contribution is 2.36. The first kappa shape index (κ1) is 27.4. The fraction of sp³-hybridized carbons (Fsp3) is 0.226. The number of carbonyl (C=O) groups excluding carboxylic acids is 2. The lowest BCUT2D eigenvalue weighted by Crippen LogP contribution is -2.23. The normalized spacial score (nSPS) is 11.0. The van der Waals surface area contributed by atoms with Crippen molar-refractivity contribution < 1.29 is 14.3 Å². The van der Waals surface area contributed by atoms with E-state index in [9.17, 15) is 14.4 Å². The molecule has 0 radical (unpaired) electrons. The van der Waals surface area contributed by atoms with Gasteiger partial charge in [0.1, 0.15) is 29.3 Å². The number of rotatable bonds is 8. The number of hydrogen-bond donors (Lipinski definition) is 3. The average molecular weight is 553 g/mol. The summed E-state index contributed by atoms with van der Waals surface area (Å²) in [5.74, 6) is 0.907. The van der Waals surface area contributed by atoms with Gasteiger partial charge in [-0.05, 0) is 80.3 Å². The number of aryl methyl sites for hydroxylation is 4. The Kier molecular flexibility index (Phi) is 7.47. The SMILES string of the molecule is CCNC(=O)c1cc2c(-c3cc(C)cc(Oc4c(C)cc(NC(=O)Cn5ccnc5)cc4C)c3)cn(C)c(=O)c2[nH]1. The number of aromatic amines is 1. The van der Waals surface area contributed by atoms with Crippen LogP contribution >= 0.6 is 0 Å². The highest BCUT2D eigenvalue weighted by atomic mass is 16.5. The zero-order chi connectivity index (χ0) is 29.3. The van der Waals surface area contributed by atoms with Crippen LogP contribution < -0.4 is 20.9 Å². The molecule has 3 heterocycles. The number of carbonyl (C=O) groups is 2. The number of anilines is 1. The summed E-state index contributed by atoms with van der Waals surface area (Å²) in [5.41, 5.74) is 5.52. The molecule has 0 spiro atoms. The van der Waals surface area contributed by atoms with Crippen molar-refractivity contribution in [3.8, 4) is 22.6 Å². The summed E-state index contributed by atoms with van der Waals surface area (Å²) in [5, 5.41) is 6.37. The van der Waals surface area contributed by atoms with Crippen LogP contribution in [0.25, 0.3) is 22.0 Å². The third-order valence-electron chi connectivity index (χ3n) is 6.76. The van der Waals surface area contributed by atoms with Crippen LogP contribution in [0.3, 0.4) is 0 Å². The Morgan fingerprint density at radius 3 is 2.49 bits per heavy atom. The van der Waals surface area contributed by atoms with E-state index in [1.165, 1.54) is 4.57 Å². The van der Waals surface area contributed by atoms with Crippen LogP contribution in [-0.4, -0.2) is 37.5 Å². The van der Waals surface area contributed by atoms with Gasteiger partial charge in [-0.25, -0.2) is 4.98 Å². The number of hydrogen-bond acceptors (Lipinski definition) is 5. The van der Waals surface area contributed by atoms with E-state index in [2.05, 4.69) is 20.6 Å². The average Bonchev–Trinajstić information content (AvgIpc) is 3.59. The number of imidazole rings is 1. The molecule has 0 aliphatic carbocycles. The summed E-state index contributed by atoms with van der Waals surface area (Å²) in [6.07, 6.45) is 6.74. The van der Waals surface area contributed by atoms with Crippen molar-refractivity contribution in [1.29, 1.82) is 0 Å². The second-order valence-corrected chi connectivity index (χ2v) is 10.1. The van der Waals surface area contributed by atoms with E-state index in [-0.39, 0.29) is 23.9 Å². The summed E-state index contributed by atoms with van der Waals surface area (Å²) in [7, 11) is 1.69. The zero-order valence-corrected chi connectivity index (χ0v) is 23.7. The summed E-state index contributed by atoms with van der Waals surface area (Å²) < 4.78 is 9.61. The molecule has 10 nitrogen and oxygen atoms in total. The smallest absolute Gasteiger partial charge is 0.274 e. The van der Waals surface area contributed by atoms with Gasteiger partial charge in [-0.15, -0.1) is 0 Å². The van der Waals surface area contributed by atoms with E-state index in [4.69, 9.17) is 4.74 Å². The molecule has 0 aliphatic rings. The minimum atomic E-state index is -0.266. The lowest BCUT2D eigenvalue weighted by atomic mass is 10.0. The van der Waals surface area contributed by atoms with Gasteiger partial charge in [0.05, 0.1) is 6.33 Å². The molecule has 0 saturated carbocycles. The van der Waals surface area contributed by atoms with Gasteiger partial charge < -0.3 is 29.5 Å².